The van der Waals surface area contributed by atoms with Crippen LogP contribution in [0.15, 0.2) is 11.6 Å². The van der Waals surface area contributed by atoms with Crippen LogP contribution in [0.25, 0.3) is 0 Å². The summed E-state index contributed by atoms with van der Waals surface area (Å²) in [5, 5.41) is 10.3. The summed E-state index contributed by atoms with van der Waals surface area (Å²) in [7, 11) is 0. The molecule has 2 unspecified atom stereocenters. The van der Waals surface area contributed by atoms with Gasteiger partial charge in [0.05, 0.1) is 6.10 Å². The number of allylic oxidation sites excluding steroid dienone is 1. The summed E-state index contributed by atoms with van der Waals surface area (Å²) in [6.07, 6.45) is 18.6. The summed E-state index contributed by atoms with van der Waals surface area (Å²) in [6, 6.07) is 0. The van der Waals surface area contributed by atoms with E-state index in [9.17, 15) is 5.11 Å². The molecule has 1 nitrogen and oxygen atoms in total. The van der Waals surface area contributed by atoms with Gasteiger partial charge in [-0.1, -0.05) is 65.5 Å². The maximum Gasteiger partial charge on any atom is 0.0577 e. The van der Waals surface area contributed by atoms with Gasteiger partial charge in [0.1, 0.15) is 0 Å². The van der Waals surface area contributed by atoms with Gasteiger partial charge in [-0.05, 0) is 104 Å². The lowest BCUT2D eigenvalue weighted by molar-refractivity contribution is -0.0645. The quantitative estimate of drug-likeness (QED) is 0.451. The largest absolute Gasteiger partial charge is 0.393 e. The first-order valence-corrected chi connectivity index (χ1v) is 13.2. The lowest BCUT2D eigenvalue weighted by Gasteiger charge is -2.59. The van der Waals surface area contributed by atoms with Crippen LogP contribution in [0.4, 0.5) is 0 Å². The second-order valence-corrected chi connectivity index (χ2v) is 12.3. The Kier molecular flexibility index (Phi) is 6.29. The highest BCUT2D eigenvalue weighted by Crippen LogP contribution is 2.68. The molecule has 0 radical (unpaired) electrons. The molecule has 0 heterocycles. The molecule has 4 aliphatic carbocycles. The molecule has 0 aromatic rings. The van der Waals surface area contributed by atoms with Crippen LogP contribution < -0.4 is 0 Å². The van der Waals surface area contributed by atoms with Crippen LogP contribution in [-0.2, 0) is 0 Å². The average Bonchev–Trinajstić information content (AvgIpc) is 3.04. The standard InChI is InChI=1S/C28H48O/c1-6-28-17-14-22(29)18-21(28)10-11-23-25-13-12-24(20(4)9-7-8-19(2)3)27(25,5)16-15-26(23)28/h10,19-20,22-26,29H,6-9,11-18H2,1-5H3/t20-,22?,23+,24-,25+,26+,27?,28+/m1/s1. The Hall–Kier alpha value is -0.300. The summed E-state index contributed by atoms with van der Waals surface area (Å²) in [5.41, 5.74) is 2.68. The minimum atomic E-state index is -0.0751. The normalized spacial score (nSPS) is 45.3. The van der Waals surface area contributed by atoms with E-state index in [2.05, 4.69) is 40.7 Å². The van der Waals surface area contributed by atoms with E-state index in [-0.39, 0.29) is 6.10 Å². The predicted molar refractivity (Wildman–Crippen MR) is 124 cm³/mol. The van der Waals surface area contributed by atoms with E-state index in [0.717, 1.165) is 48.3 Å². The van der Waals surface area contributed by atoms with Crippen LogP contribution >= 0.6 is 0 Å². The van der Waals surface area contributed by atoms with Crippen molar-refractivity contribution in [2.24, 2.45) is 46.3 Å². The van der Waals surface area contributed by atoms with E-state index in [1.165, 1.54) is 64.2 Å². The third kappa shape index (κ3) is 3.66. The summed E-state index contributed by atoms with van der Waals surface area (Å²) < 4.78 is 0. The second kappa shape index (κ2) is 8.33. The van der Waals surface area contributed by atoms with Gasteiger partial charge in [-0.2, -0.15) is 0 Å². The molecular weight excluding hydrogens is 352 g/mol. The topological polar surface area (TPSA) is 20.2 Å². The third-order valence-electron chi connectivity index (χ3n) is 10.6. The molecule has 1 heteroatoms. The molecule has 0 aliphatic heterocycles. The fourth-order valence-corrected chi connectivity index (χ4v) is 9.13. The van der Waals surface area contributed by atoms with Crippen molar-refractivity contribution in [3.63, 3.8) is 0 Å². The Morgan fingerprint density at radius 3 is 2.55 bits per heavy atom. The number of hydrogen-bond acceptors (Lipinski definition) is 1. The lowest BCUT2D eigenvalue weighted by Crippen LogP contribution is -2.51. The maximum absolute atomic E-state index is 10.3. The monoisotopic (exact) mass is 400 g/mol. The zero-order valence-corrected chi connectivity index (χ0v) is 20.1. The van der Waals surface area contributed by atoms with Gasteiger partial charge in [0.2, 0.25) is 0 Å². The minimum absolute atomic E-state index is 0.0751. The minimum Gasteiger partial charge on any atom is -0.393 e. The molecule has 4 rings (SSSR count). The summed E-state index contributed by atoms with van der Waals surface area (Å²) >= 11 is 0. The molecule has 29 heavy (non-hydrogen) atoms. The zero-order chi connectivity index (χ0) is 20.8. The van der Waals surface area contributed by atoms with Crippen molar-refractivity contribution in [3.05, 3.63) is 11.6 Å². The SMILES string of the molecule is CC[C@]12CCC(O)CC1=CC[C@H]1[C@@H]3CC[C@H]([C@H](C)CCCC(C)C)C3(C)CC[C@@H]12. The molecule has 166 valence electrons. The van der Waals surface area contributed by atoms with E-state index in [0.29, 0.717) is 10.8 Å². The zero-order valence-electron chi connectivity index (χ0n) is 20.1. The van der Waals surface area contributed by atoms with Gasteiger partial charge < -0.3 is 5.11 Å². The molecule has 0 aromatic heterocycles. The highest BCUT2D eigenvalue weighted by molar-refractivity contribution is 5.26. The van der Waals surface area contributed by atoms with Crippen LogP contribution in [0, 0.1) is 46.3 Å². The molecular formula is C28H48O. The van der Waals surface area contributed by atoms with Crippen LogP contribution in [0.1, 0.15) is 112 Å². The van der Waals surface area contributed by atoms with Crippen LogP contribution in [-0.4, -0.2) is 11.2 Å². The number of rotatable bonds is 6. The Labute approximate surface area is 181 Å². The van der Waals surface area contributed by atoms with Crippen molar-refractivity contribution in [2.45, 2.75) is 118 Å². The molecule has 1 N–H and O–H groups in total. The van der Waals surface area contributed by atoms with E-state index < -0.39 is 0 Å². The van der Waals surface area contributed by atoms with Crippen LogP contribution in [0.5, 0.6) is 0 Å². The van der Waals surface area contributed by atoms with Gasteiger partial charge in [-0.15, -0.1) is 0 Å². The molecule has 3 saturated carbocycles. The highest BCUT2D eigenvalue weighted by atomic mass is 16.3. The average molecular weight is 401 g/mol. The smallest absolute Gasteiger partial charge is 0.0577 e. The third-order valence-corrected chi connectivity index (χ3v) is 10.6. The molecule has 4 aliphatic rings. The molecule has 8 atom stereocenters. The number of aliphatic hydroxyl groups excluding tert-OH is 1. The van der Waals surface area contributed by atoms with Crippen molar-refractivity contribution in [3.8, 4) is 0 Å². The Morgan fingerprint density at radius 1 is 1.03 bits per heavy atom. The second-order valence-electron chi connectivity index (χ2n) is 12.3. The number of aliphatic hydroxyl groups is 1. The van der Waals surface area contributed by atoms with Crippen molar-refractivity contribution in [2.75, 3.05) is 0 Å². The summed E-state index contributed by atoms with van der Waals surface area (Å²) in [6.45, 7) is 12.5. The first-order valence-electron chi connectivity index (χ1n) is 13.2. The van der Waals surface area contributed by atoms with E-state index in [1.807, 2.05) is 0 Å². The van der Waals surface area contributed by atoms with Crippen molar-refractivity contribution in [1.29, 1.82) is 0 Å². The summed E-state index contributed by atoms with van der Waals surface area (Å²) in [5.74, 6) is 5.48. The molecule has 0 amide bonds. The molecule has 0 spiro atoms. The highest BCUT2D eigenvalue weighted by Gasteiger charge is 2.59. The van der Waals surface area contributed by atoms with Gasteiger partial charge in [-0.3, -0.25) is 0 Å². The number of hydrogen-bond donors (Lipinski definition) is 1. The molecule has 0 bridgehead atoms. The van der Waals surface area contributed by atoms with Gasteiger partial charge >= 0.3 is 0 Å². The summed E-state index contributed by atoms with van der Waals surface area (Å²) in [4.78, 5) is 0. The van der Waals surface area contributed by atoms with Crippen LogP contribution in [0.2, 0.25) is 0 Å². The van der Waals surface area contributed by atoms with Gasteiger partial charge in [0.15, 0.2) is 0 Å². The van der Waals surface area contributed by atoms with Crippen molar-refractivity contribution < 1.29 is 5.11 Å². The fraction of sp³-hybridized carbons (Fsp3) is 0.929. The predicted octanol–water partition coefficient (Wildman–Crippen LogP) is 7.78. The molecule has 3 fully saturated rings. The maximum atomic E-state index is 10.3. The fourth-order valence-electron chi connectivity index (χ4n) is 9.13. The van der Waals surface area contributed by atoms with Crippen molar-refractivity contribution >= 4 is 0 Å². The molecule has 0 aromatic carbocycles. The van der Waals surface area contributed by atoms with Gasteiger partial charge in [-0.25, -0.2) is 0 Å². The van der Waals surface area contributed by atoms with Crippen molar-refractivity contribution in [1.82, 2.24) is 0 Å². The van der Waals surface area contributed by atoms with E-state index in [1.54, 1.807) is 5.57 Å². The van der Waals surface area contributed by atoms with Gasteiger partial charge in [0.25, 0.3) is 0 Å². The Morgan fingerprint density at radius 2 is 1.83 bits per heavy atom. The van der Waals surface area contributed by atoms with Crippen LogP contribution in [0.3, 0.4) is 0 Å². The number of fused-ring (bicyclic) bond motifs is 5. The lowest BCUT2D eigenvalue weighted by atomic mass is 9.46. The first-order chi connectivity index (χ1) is 13.8. The van der Waals surface area contributed by atoms with E-state index in [4.69, 9.17) is 0 Å². The van der Waals surface area contributed by atoms with E-state index >= 15 is 0 Å². The Bertz CT molecular complexity index is 605. The van der Waals surface area contributed by atoms with Gasteiger partial charge in [0, 0.05) is 0 Å². The Balaban J connectivity index is 1.51. The molecule has 0 saturated heterocycles. The first kappa shape index (κ1) is 21.9.